The second kappa shape index (κ2) is 9.23. The Balaban J connectivity index is 1.74. The third-order valence-corrected chi connectivity index (χ3v) is 5.20. The maximum atomic E-state index is 12.8. The number of para-hydroxylation sites is 1. The number of hydrogen-bond acceptors (Lipinski definition) is 4. The van der Waals surface area contributed by atoms with Gasteiger partial charge in [-0.15, -0.1) is 0 Å². The van der Waals surface area contributed by atoms with E-state index in [0.717, 1.165) is 12.8 Å². The Morgan fingerprint density at radius 1 is 0.931 bits per heavy atom. The van der Waals surface area contributed by atoms with E-state index in [1.807, 2.05) is 0 Å². The fraction of sp³-hybridized carbons (Fsp3) is 0.318. The SMILES string of the molecule is COc1ccc(NC(=O)c2ccccc2NC(=O)C2CCCCC2C(=O)O)cc1. The van der Waals surface area contributed by atoms with Crippen LogP contribution < -0.4 is 15.4 Å². The molecule has 3 rings (SSSR count). The molecule has 0 bridgehead atoms. The molecule has 7 heteroatoms. The van der Waals surface area contributed by atoms with E-state index in [4.69, 9.17) is 4.74 Å². The Morgan fingerprint density at radius 2 is 1.59 bits per heavy atom. The number of carboxylic acids is 1. The zero-order valence-corrected chi connectivity index (χ0v) is 16.2. The highest BCUT2D eigenvalue weighted by Gasteiger charge is 2.36. The van der Waals surface area contributed by atoms with Crippen LogP contribution in [-0.2, 0) is 9.59 Å². The molecule has 2 aromatic rings. The number of rotatable bonds is 6. The Hall–Kier alpha value is -3.35. The van der Waals surface area contributed by atoms with E-state index in [9.17, 15) is 19.5 Å². The summed E-state index contributed by atoms with van der Waals surface area (Å²) >= 11 is 0. The molecule has 1 aliphatic carbocycles. The predicted octanol–water partition coefficient (Wildman–Crippen LogP) is 3.78. The number of methoxy groups -OCH3 is 1. The van der Waals surface area contributed by atoms with Crippen molar-refractivity contribution in [1.29, 1.82) is 0 Å². The third-order valence-electron chi connectivity index (χ3n) is 5.20. The van der Waals surface area contributed by atoms with E-state index in [2.05, 4.69) is 10.6 Å². The molecule has 7 nitrogen and oxygen atoms in total. The number of aliphatic carboxylic acids is 1. The average molecular weight is 396 g/mol. The van der Waals surface area contributed by atoms with Gasteiger partial charge in [-0.2, -0.15) is 0 Å². The van der Waals surface area contributed by atoms with E-state index in [-0.39, 0.29) is 11.8 Å². The van der Waals surface area contributed by atoms with Crippen LogP contribution in [0.3, 0.4) is 0 Å². The molecule has 2 amide bonds. The molecular weight excluding hydrogens is 372 g/mol. The smallest absolute Gasteiger partial charge is 0.307 e. The molecule has 1 aliphatic rings. The van der Waals surface area contributed by atoms with Crippen LogP contribution in [0, 0.1) is 11.8 Å². The molecule has 0 radical (unpaired) electrons. The van der Waals surface area contributed by atoms with Gasteiger partial charge in [-0.3, -0.25) is 14.4 Å². The van der Waals surface area contributed by atoms with Crippen LogP contribution in [0.1, 0.15) is 36.0 Å². The first-order chi connectivity index (χ1) is 14.0. The van der Waals surface area contributed by atoms with E-state index in [1.54, 1.807) is 55.6 Å². The van der Waals surface area contributed by atoms with Gasteiger partial charge in [0.05, 0.1) is 30.2 Å². The zero-order valence-electron chi connectivity index (χ0n) is 16.2. The molecule has 0 aromatic heterocycles. The summed E-state index contributed by atoms with van der Waals surface area (Å²) in [6.45, 7) is 0. The summed E-state index contributed by atoms with van der Waals surface area (Å²) in [4.78, 5) is 37.0. The predicted molar refractivity (Wildman–Crippen MR) is 109 cm³/mol. The van der Waals surface area contributed by atoms with Gasteiger partial charge in [0.1, 0.15) is 5.75 Å². The lowest BCUT2D eigenvalue weighted by atomic mass is 9.78. The second-order valence-electron chi connectivity index (χ2n) is 7.05. The van der Waals surface area contributed by atoms with Gasteiger partial charge in [0.15, 0.2) is 0 Å². The molecule has 1 fully saturated rings. The summed E-state index contributed by atoms with van der Waals surface area (Å²) in [5, 5.41) is 15.0. The molecule has 2 aromatic carbocycles. The van der Waals surface area contributed by atoms with Crippen molar-refractivity contribution in [2.45, 2.75) is 25.7 Å². The molecule has 152 valence electrons. The van der Waals surface area contributed by atoms with Crippen LogP contribution in [0.15, 0.2) is 48.5 Å². The molecular formula is C22H24N2O5. The van der Waals surface area contributed by atoms with Crippen LogP contribution in [0.5, 0.6) is 5.75 Å². The van der Waals surface area contributed by atoms with Crippen LogP contribution in [0.4, 0.5) is 11.4 Å². The minimum Gasteiger partial charge on any atom is -0.497 e. The lowest BCUT2D eigenvalue weighted by Gasteiger charge is -2.27. The van der Waals surface area contributed by atoms with Crippen molar-refractivity contribution in [3.05, 3.63) is 54.1 Å². The van der Waals surface area contributed by atoms with Crippen molar-refractivity contribution in [3.8, 4) is 5.75 Å². The maximum absolute atomic E-state index is 12.8. The fourth-order valence-electron chi connectivity index (χ4n) is 3.63. The van der Waals surface area contributed by atoms with Crippen molar-refractivity contribution < 1.29 is 24.2 Å². The number of anilines is 2. The lowest BCUT2D eigenvalue weighted by Crippen LogP contribution is -2.36. The van der Waals surface area contributed by atoms with Crippen molar-refractivity contribution >= 4 is 29.2 Å². The Morgan fingerprint density at radius 3 is 2.24 bits per heavy atom. The Bertz CT molecular complexity index is 894. The van der Waals surface area contributed by atoms with E-state index in [0.29, 0.717) is 35.5 Å². The van der Waals surface area contributed by atoms with Crippen LogP contribution in [0.2, 0.25) is 0 Å². The largest absolute Gasteiger partial charge is 0.497 e. The summed E-state index contributed by atoms with van der Waals surface area (Å²) in [6, 6.07) is 13.6. The van der Waals surface area contributed by atoms with E-state index >= 15 is 0 Å². The van der Waals surface area contributed by atoms with E-state index in [1.165, 1.54) is 0 Å². The minimum atomic E-state index is -0.949. The molecule has 0 aliphatic heterocycles. The standard InChI is InChI=1S/C22H24N2O5/c1-29-15-12-10-14(11-13-15)23-21(26)18-8-4-5-9-19(18)24-20(25)16-6-2-3-7-17(16)22(27)28/h4-5,8-13,16-17H,2-3,6-7H2,1H3,(H,23,26)(H,24,25)(H,27,28). The first-order valence-corrected chi connectivity index (χ1v) is 9.57. The van der Waals surface area contributed by atoms with Gasteiger partial charge < -0.3 is 20.5 Å². The molecule has 29 heavy (non-hydrogen) atoms. The highest BCUT2D eigenvalue weighted by molar-refractivity contribution is 6.10. The highest BCUT2D eigenvalue weighted by atomic mass is 16.5. The van der Waals surface area contributed by atoms with Crippen LogP contribution >= 0.6 is 0 Å². The van der Waals surface area contributed by atoms with Crippen LogP contribution in [0.25, 0.3) is 0 Å². The number of benzene rings is 2. The average Bonchev–Trinajstić information content (AvgIpc) is 2.74. The van der Waals surface area contributed by atoms with Gasteiger partial charge >= 0.3 is 5.97 Å². The number of ether oxygens (including phenoxy) is 1. The second-order valence-corrected chi connectivity index (χ2v) is 7.05. The number of nitrogens with one attached hydrogen (secondary N) is 2. The van der Waals surface area contributed by atoms with Gasteiger partial charge in [-0.25, -0.2) is 0 Å². The molecule has 0 saturated heterocycles. The summed E-state index contributed by atoms with van der Waals surface area (Å²) in [5.74, 6) is -2.29. The topological polar surface area (TPSA) is 105 Å². The fourth-order valence-corrected chi connectivity index (χ4v) is 3.63. The van der Waals surface area contributed by atoms with Gasteiger partial charge in [-0.1, -0.05) is 25.0 Å². The monoisotopic (exact) mass is 396 g/mol. The molecule has 0 heterocycles. The first-order valence-electron chi connectivity index (χ1n) is 9.57. The third kappa shape index (κ3) is 4.93. The van der Waals surface area contributed by atoms with Crippen molar-refractivity contribution in [2.24, 2.45) is 11.8 Å². The van der Waals surface area contributed by atoms with Gasteiger partial charge in [0, 0.05) is 5.69 Å². The number of carboxylic acid groups (broad SMARTS) is 1. The molecule has 2 atom stereocenters. The Kier molecular flexibility index (Phi) is 6.49. The van der Waals surface area contributed by atoms with Crippen molar-refractivity contribution in [3.63, 3.8) is 0 Å². The number of carbonyl (C=O) groups is 3. The summed E-state index contributed by atoms with van der Waals surface area (Å²) in [5.41, 5.74) is 1.26. The zero-order chi connectivity index (χ0) is 20.8. The van der Waals surface area contributed by atoms with Gasteiger partial charge in [0.2, 0.25) is 5.91 Å². The molecule has 3 N–H and O–H groups in total. The summed E-state index contributed by atoms with van der Waals surface area (Å²) in [6.07, 6.45) is 2.65. The van der Waals surface area contributed by atoms with Crippen molar-refractivity contribution in [2.75, 3.05) is 17.7 Å². The number of amides is 2. The van der Waals surface area contributed by atoms with Gasteiger partial charge in [0.25, 0.3) is 5.91 Å². The van der Waals surface area contributed by atoms with Gasteiger partial charge in [-0.05, 0) is 49.2 Å². The lowest BCUT2D eigenvalue weighted by molar-refractivity contribution is -0.147. The van der Waals surface area contributed by atoms with E-state index < -0.39 is 17.8 Å². The molecule has 0 spiro atoms. The van der Waals surface area contributed by atoms with Crippen LogP contribution in [-0.4, -0.2) is 30.0 Å². The molecule has 1 saturated carbocycles. The maximum Gasteiger partial charge on any atom is 0.307 e. The quantitative estimate of drug-likeness (QED) is 0.689. The molecule has 2 unspecified atom stereocenters. The highest BCUT2D eigenvalue weighted by Crippen LogP contribution is 2.31. The normalized spacial score (nSPS) is 18.5. The Labute approximate surface area is 169 Å². The summed E-state index contributed by atoms with van der Waals surface area (Å²) < 4.78 is 5.10. The number of hydrogen-bond donors (Lipinski definition) is 3. The first kappa shape index (κ1) is 20.4. The number of carbonyl (C=O) groups excluding carboxylic acids is 2. The van der Waals surface area contributed by atoms with Crippen molar-refractivity contribution in [1.82, 2.24) is 0 Å². The summed E-state index contributed by atoms with van der Waals surface area (Å²) in [7, 11) is 1.56. The minimum absolute atomic E-state index is 0.305.